The monoisotopic (exact) mass is 166 g/mol. The van der Waals surface area contributed by atoms with Crippen LogP contribution in [0.5, 0.6) is 0 Å². The predicted octanol–water partition coefficient (Wildman–Crippen LogP) is 1.00. The highest BCUT2D eigenvalue weighted by molar-refractivity contribution is 5.93. The first kappa shape index (κ1) is 7.99. The Bertz CT molecular complexity index is 244. The van der Waals surface area contributed by atoms with Crippen molar-refractivity contribution in [3.63, 3.8) is 0 Å². The Labute approximate surface area is 72.3 Å². The van der Waals surface area contributed by atoms with Crippen molar-refractivity contribution >= 4 is 5.78 Å². The molecule has 0 heterocycles. The molecule has 66 valence electrons. The van der Waals surface area contributed by atoms with Gasteiger partial charge in [0.2, 0.25) is 0 Å². The molecule has 0 radical (unpaired) electrons. The standard InChI is InChI=1S/C10H14O2/c1-5-7-3-4-8(11)6(2)9(7)10(5)12/h3-7,9-10,12H,1-2H3/t5-,6-,7-,9-,10+/m1/s1. The second-order valence-electron chi connectivity index (χ2n) is 4.05. The first-order valence-electron chi connectivity index (χ1n) is 4.53. The lowest BCUT2D eigenvalue weighted by Gasteiger charge is -2.50. The summed E-state index contributed by atoms with van der Waals surface area (Å²) in [6.45, 7) is 3.96. The Morgan fingerprint density at radius 1 is 1.42 bits per heavy atom. The van der Waals surface area contributed by atoms with Crippen LogP contribution in [-0.4, -0.2) is 17.0 Å². The molecule has 2 rings (SSSR count). The van der Waals surface area contributed by atoms with E-state index in [2.05, 4.69) is 0 Å². The van der Waals surface area contributed by atoms with Crippen LogP contribution in [0.4, 0.5) is 0 Å². The number of fused-ring (bicyclic) bond motifs is 1. The van der Waals surface area contributed by atoms with Gasteiger partial charge in [-0.15, -0.1) is 0 Å². The Morgan fingerprint density at radius 2 is 2.08 bits per heavy atom. The van der Waals surface area contributed by atoms with Gasteiger partial charge in [0.05, 0.1) is 6.10 Å². The lowest BCUT2D eigenvalue weighted by molar-refractivity contribution is -0.137. The number of carbonyl (C=O) groups is 1. The van der Waals surface area contributed by atoms with Gasteiger partial charge in [0.1, 0.15) is 0 Å². The van der Waals surface area contributed by atoms with Gasteiger partial charge in [0.15, 0.2) is 5.78 Å². The zero-order chi connectivity index (χ0) is 8.88. The summed E-state index contributed by atoms with van der Waals surface area (Å²) < 4.78 is 0. The minimum atomic E-state index is -0.265. The quantitative estimate of drug-likeness (QED) is 0.583. The third-order valence-corrected chi connectivity index (χ3v) is 3.49. The average Bonchev–Trinajstić information content (AvgIpc) is 2.08. The third kappa shape index (κ3) is 0.816. The molecule has 2 aliphatic carbocycles. The fourth-order valence-corrected chi connectivity index (χ4v) is 2.49. The second-order valence-corrected chi connectivity index (χ2v) is 4.05. The van der Waals surface area contributed by atoms with Gasteiger partial charge in [0, 0.05) is 11.8 Å². The Hall–Kier alpha value is -0.630. The number of aliphatic hydroxyl groups excluding tert-OH is 1. The van der Waals surface area contributed by atoms with Crippen LogP contribution in [0.15, 0.2) is 12.2 Å². The maximum absolute atomic E-state index is 11.2. The molecule has 2 nitrogen and oxygen atoms in total. The van der Waals surface area contributed by atoms with Crippen molar-refractivity contribution in [2.75, 3.05) is 0 Å². The highest BCUT2D eigenvalue weighted by Crippen LogP contribution is 2.47. The molecule has 2 aliphatic rings. The number of rotatable bonds is 0. The number of ketones is 1. The van der Waals surface area contributed by atoms with Gasteiger partial charge in [0.25, 0.3) is 0 Å². The van der Waals surface area contributed by atoms with Crippen LogP contribution >= 0.6 is 0 Å². The van der Waals surface area contributed by atoms with Crippen molar-refractivity contribution in [3.05, 3.63) is 12.2 Å². The lowest BCUT2D eigenvalue weighted by atomic mass is 9.56. The van der Waals surface area contributed by atoms with Crippen molar-refractivity contribution in [2.24, 2.45) is 23.7 Å². The van der Waals surface area contributed by atoms with Crippen LogP contribution < -0.4 is 0 Å². The number of carbonyl (C=O) groups excluding carboxylic acids is 1. The number of aliphatic hydroxyl groups is 1. The molecular formula is C10H14O2. The van der Waals surface area contributed by atoms with Gasteiger partial charge in [-0.3, -0.25) is 4.79 Å². The summed E-state index contributed by atoms with van der Waals surface area (Å²) in [5.41, 5.74) is 0. The predicted molar refractivity (Wildman–Crippen MR) is 45.5 cm³/mol. The molecule has 1 N–H and O–H groups in total. The topological polar surface area (TPSA) is 37.3 Å². The van der Waals surface area contributed by atoms with Crippen LogP contribution in [0.1, 0.15) is 13.8 Å². The summed E-state index contributed by atoms with van der Waals surface area (Å²) in [7, 11) is 0. The number of hydrogen-bond acceptors (Lipinski definition) is 2. The molecule has 0 aromatic carbocycles. The molecule has 1 saturated carbocycles. The molecule has 0 saturated heterocycles. The van der Waals surface area contributed by atoms with Crippen molar-refractivity contribution in [3.8, 4) is 0 Å². The first-order chi connectivity index (χ1) is 5.63. The van der Waals surface area contributed by atoms with Gasteiger partial charge in [-0.25, -0.2) is 0 Å². The second kappa shape index (κ2) is 2.43. The fraction of sp³-hybridized carbons (Fsp3) is 0.700. The zero-order valence-electron chi connectivity index (χ0n) is 7.40. The van der Waals surface area contributed by atoms with Gasteiger partial charge < -0.3 is 5.11 Å². The van der Waals surface area contributed by atoms with Gasteiger partial charge >= 0.3 is 0 Å². The van der Waals surface area contributed by atoms with E-state index in [0.717, 1.165) is 0 Å². The zero-order valence-corrected chi connectivity index (χ0v) is 7.40. The Balaban J connectivity index is 2.24. The molecule has 0 unspecified atom stereocenters. The molecule has 0 bridgehead atoms. The summed E-state index contributed by atoms with van der Waals surface area (Å²) in [5, 5.41) is 9.61. The molecule has 12 heavy (non-hydrogen) atoms. The average molecular weight is 166 g/mol. The van der Waals surface area contributed by atoms with E-state index < -0.39 is 0 Å². The lowest BCUT2D eigenvalue weighted by Crippen LogP contribution is -2.54. The van der Waals surface area contributed by atoms with Crippen LogP contribution in [0.3, 0.4) is 0 Å². The van der Waals surface area contributed by atoms with Gasteiger partial charge in [-0.2, -0.15) is 0 Å². The molecule has 0 aromatic heterocycles. The minimum Gasteiger partial charge on any atom is -0.392 e. The molecule has 0 aliphatic heterocycles. The van der Waals surface area contributed by atoms with Crippen LogP contribution in [0.25, 0.3) is 0 Å². The van der Waals surface area contributed by atoms with E-state index in [4.69, 9.17) is 0 Å². The highest BCUT2D eigenvalue weighted by Gasteiger charge is 2.50. The Kier molecular flexibility index (Phi) is 1.62. The molecule has 0 aromatic rings. The molecule has 5 atom stereocenters. The maximum atomic E-state index is 11.2. The summed E-state index contributed by atoms with van der Waals surface area (Å²) in [5.74, 6) is 1.15. The van der Waals surface area contributed by atoms with E-state index in [9.17, 15) is 9.90 Å². The van der Waals surface area contributed by atoms with Crippen LogP contribution in [0, 0.1) is 23.7 Å². The van der Waals surface area contributed by atoms with E-state index in [1.165, 1.54) is 0 Å². The van der Waals surface area contributed by atoms with E-state index in [1.54, 1.807) is 6.08 Å². The Morgan fingerprint density at radius 3 is 2.75 bits per heavy atom. The van der Waals surface area contributed by atoms with E-state index in [-0.39, 0.29) is 23.7 Å². The van der Waals surface area contributed by atoms with Crippen molar-refractivity contribution in [1.29, 1.82) is 0 Å². The summed E-state index contributed by atoms with van der Waals surface area (Å²) >= 11 is 0. The van der Waals surface area contributed by atoms with Crippen molar-refractivity contribution in [2.45, 2.75) is 20.0 Å². The summed E-state index contributed by atoms with van der Waals surface area (Å²) in [6, 6.07) is 0. The van der Waals surface area contributed by atoms with E-state index in [1.807, 2.05) is 19.9 Å². The molecule has 2 heteroatoms. The highest BCUT2D eigenvalue weighted by atomic mass is 16.3. The number of hydrogen-bond donors (Lipinski definition) is 1. The SMILES string of the molecule is C[C@H]1[C@H](O)[C@H]2[C@@H]1C=CC(=O)[C@H]2C. The third-order valence-electron chi connectivity index (χ3n) is 3.49. The minimum absolute atomic E-state index is 0.0196. The van der Waals surface area contributed by atoms with E-state index >= 15 is 0 Å². The molecule has 0 amide bonds. The van der Waals surface area contributed by atoms with Crippen LogP contribution in [-0.2, 0) is 4.79 Å². The molecule has 1 fully saturated rings. The van der Waals surface area contributed by atoms with Crippen LogP contribution in [0.2, 0.25) is 0 Å². The van der Waals surface area contributed by atoms with Gasteiger partial charge in [-0.05, 0) is 17.9 Å². The summed E-state index contributed by atoms with van der Waals surface area (Å²) in [6.07, 6.45) is 3.37. The summed E-state index contributed by atoms with van der Waals surface area (Å²) in [4.78, 5) is 11.2. The maximum Gasteiger partial charge on any atom is 0.158 e. The molecular weight excluding hydrogens is 152 g/mol. The smallest absolute Gasteiger partial charge is 0.158 e. The normalized spacial score (nSPS) is 51.6. The van der Waals surface area contributed by atoms with Gasteiger partial charge in [-0.1, -0.05) is 19.9 Å². The molecule has 0 spiro atoms. The van der Waals surface area contributed by atoms with Crippen molar-refractivity contribution in [1.82, 2.24) is 0 Å². The first-order valence-corrected chi connectivity index (χ1v) is 4.53. The van der Waals surface area contributed by atoms with E-state index in [0.29, 0.717) is 11.8 Å². The fourth-order valence-electron chi connectivity index (χ4n) is 2.49. The largest absolute Gasteiger partial charge is 0.392 e. The van der Waals surface area contributed by atoms with Crippen molar-refractivity contribution < 1.29 is 9.90 Å². The number of allylic oxidation sites excluding steroid dienone is 2.